The fourth-order valence-electron chi connectivity index (χ4n) is 3.64. The van der Waals surface area contributed by atoms with Crippen molar-refractivity contribution in [2.75, 3.05) is 38.0 Å². The largest absolute Gasteiger partial charge is 0.382 e. The number of hydrogen-bond acceptors (Lipinski definition) is 5. The van der Waals surface area contributed by atoms with Crippen LogP contribution in [-0.2, 0) is 9.59 Å². The molecule has 2 amide bonds. The van der Waals surface area contributed by atoms with Gasteiger partial charge in [0.05, 0.1) is 11.6 Å². The van der Waals surface area contributed by atoms with Crippen molar-refractivity contribution in [1.82, 2.24) is 14.8 Å². The summed E-state index contributed by atoms with van der Waals surface area (Å²) in [5.41, 5.74) is 2.19. The Balaban J connectivity index is 1.39. The minimum absolute atomic E-state index is 0.0507. The Morgan fingerprint density at radius 3 is 2.39 bits per heavy atom. The molecule has 3 heterocycles. The first-order valence-electron chi connectivity index (χ1n) is 9.12. The molecule has 0 saturated carbocycles. The van der Waals surface area contributed by atoms with Gasteiger partial charge >= 0.3 is 0 Å². The Kier molecular flexibility index (Phi) is 5.13. The highest BCUT2D eigenvalue weighted by atomic mass is 79.9. The van der Waals surface area contributed by atoms with Gasteiger partial charge in [0.25, 0.3) is 11.8 Å². The zero-order chi connectivity index (χ0) is 19.7. The van der Waals surface area contributed by atoms with Crippen LogP contribution in [0.1, 0.15) is 21.8 Å². The lowest BCUT2D eigenvalue weighted by Crippen LogP contribution is -2.52. The van der Waals surface area contributed by atoms with Crippen LogP contribution in [-0.4, -0.2) is 65.1 Å². The zero-order valence-corrected chi connectivity index (χ0v) is 16.7. The van der Waals surface area contributed by atoms with Gasteiger partial charge in [-0.15, -0.1) is 0 Å². The molecule has 2 aliphatic rings. The van der Waals surface area contributed by atoms with Gasteiger partial charge in [-0.25, -0.2) is 4.98 Å². The Morgan fingerprint density at radius 2 is 1.68 bits per heavy atom. The first-order valence-corrected chi connectivity index (χ1v) is 9.91. The highest BCUT2D eigenvalue weighted by molar-refractivity contribution is 9.10. The molecule has 0 radical (unpaired) electrons. The third kappa shape index (κ3) is 3.40. The van der Waals surface area contributed by atoms with E-state index in [-0.39, 0.29) is 5.91 Å². The number of fused-ring (bicyclic) bond motifs is 1. The van der Waals surface area contributed by atoms with Crippen LogP contribution < -0.4 is 5.32 Å². The van der Waals surface area contributed by atoms with E-state index in [4.69, 9.17) is 0 Å². The Morgan fingerprint density at radius 1 is 1.00 bits per heavy atom. The molecule has 1 N–H and O–H groups in total. The van der Waals surface area contributed by atoms with Gasteiger partial charge in [-0.1, -0.05) is 18.2 Å². The topological polar surface area (TPSA) is 82.6 Å². The molecule has 1 atom stereocenters. The van der Waals surface area contributed by atoms with Crippen LogP contribution in [0.3, 0.4) is 0 Å². The first kappa shape index (κ1) is 18.6. The lowest BCUT2D eigenvalue weighted by molar-refractivity contribution is -0.146. The number of carbonyl (C=O) groups is 3. The molecule has 1 fully saturated rings. The molecule has 1 saturated heterocycles. The number of Topliss-reactive ketones (excluding diaryl/α,β-unsaturated/α-hetero) is 1. The number of aromatic nitrogens is 1. The normalized spacial score (nSPS) is 18.4. The maximum atomic E-state index is 12.8. The minimum Gasteiger partial charge on any atom is -0.382 e. The van der Waals surface area contributed by atoms with E-state index in [1.165, 1.54) is 0 Å². The molecule has 144 valence electrons. The number of piperazine rings is 1. The number of halogens is 1. The lowest BCUT2D eigenvalue weighted by Gasteiger charge is -2.34. The van der Waals surface area contributed by atoms with Gasteiger partial charge in [0.1, 0.15) is 4.60 Å². The molecule has 7 nitrogen and oxygen atoms in total. The average molecular weight is 443 g/mol. The number of ketones is 1. The molecule has 4 rings (SSSR count). The van der Waals surface area contributed by atoms with Crippen LogP contribution in [0.2, 0.25) is 0 Å². The predicted octanol–water partition coefficient (Wildman–Crippen LogP) is 1.91. The minimum atomic E-state index is -0.509. The van der Waals surface area contributed by atoms with E-state index in [0.29, 0.717) is 42.9 Å². The van der Waals surface area contributed by atoms with E-state index >= 15 is 0 Å². The second kappa shape index (κ2) is 7.71. The van der Waals surface area contributed by atoms with Gasteiger partial charge in [-0.3, -0.25) is 14.4 Å². The number of nitrogens with one attached hydrogen (secondary N) is 1. The van der Waals surface area contributed by atoms with Crippen molar-refractivity contribution in [1.29, 1.82) is 0 Å². The maximum Gasteiger partial charge on any atom is 0.290 e. The van der Waals surface area contributed by atoms with E-state index < -0.39 is 17.6 Å². The number of nitrogens with zero attached hydrogens (tertiary/aromatic N) is 3. The fourth-order valence-corrected chi connectivity index (χ4v) is 4.13. The Bertz CT molecular complexity index is 926. The number of rotatable bonds is 3. The van der Waals surface area contributed by atoms with Crippen LogP contribution >= 0.6 is 15.9 Å². The van der Waals surface area contributed by atoms with E-state index in [2.05, 4.69) is 26.2 Å². The molecule has 1 aromatic carbocycles. The quantitative estimate of drug-likeness (QED) is 0.579. The van der Waals surface area contributed by atoms with Gasteiger partial charge in [0.15, 0.2) is 0 Å². The number of anilines is 1. The molecular weight excluding hydrogens is 424 g/mol. The third-order valence-corrected chi connectivity index (χ3v) is 5.80. The summed E-state index contributed by atoms with van der Waals surface area (Å²) in [5, 5.41) is 3.14. The van der Waals surface area contributed by atoms with Crippen molar-refractivity contribution >= 4 is 39.2 Å². The molecule has 1 aromatic heterocycles. The maximum absolute atomic E-state index is 12.8. The summed E-state index contributed by atoms with van der Waals surface area (Å²) >= 11 is 3.36. The van der Waals surface area contributed by atoms with Gasteiger partial charge in [-0.05, 0) is 39.7 Å². The smallest absolute Gasteiger partial charge is 0.290 e. The van der Waals surface area contributed by atoms with E-state index in [1.54, 1.807) is 34.2 Å². The molecule has 0 aliphatic carbocycles. The van der Waals surface area contributed by atoms with Gasteiger partial charge in [0, 0.05) is 44.5 Å². The van der Waals surface area contributed by atoms with Crippen molar-refractivity contribution in [2.45, 2.75) is 5.92 Å². The summed E-state index contributed by atoms with van der Waals surface area (Å²) in [5.74, 6) is -1.47. The number of pyridine rings is 1. The third-order valence-electron chi connectivity index (χ3n) is 5.20. The summed E-state index contributed by atoms with van der Waals surface area (Å²) in [6.07, 6.45) is 1.62. The van der Waals surface area contributed by atoms with Crippen LogP contribution in [0.25, 0.3) is 0 Å². The molecule has 8 heteroatoms. The Labute approximate surface area is 170 Å². The number of hydrogen-bond donors (Lipinski definition) is 1. The Hall–Kier alpha value is -2.74. The second-order valence-corrected chi connectivity index (χ2v) is 7.57. The molecule has 2 aliphatic heterocycles. The van der Waals surface area contributed by atoms with E-state index in [1.807, 2.05) is 18.2 Å². The number of benzene rings is 1. The van der Waals surface area contributed by atoms with Gasteiger partial charge in [-0.2, -0.15) is 0 Å². The van der Waals surface area contributed by atoms with Crippen molar-refractivity contribution in [3.05, 3.63) is 58.3 Å². The predicted molar refractivity (Wildman–Crippen MR) is 107 cm³/mol. The standard InChI is InChI=1S/C20H19BrN4O3/c21-18-16-14(6-7-22-18)15(12-23-16)17(26)20(28)25-10-8-24(9-11-25)19(27)13-4-2-1-3-5-13/h1-7,15,23H,8-12H2. The van der Waals surface area contributed by atoms with Crippen molar-refractivity contribution in [3.63, 3.8) is 0 Å². The van der Waals surface area contributed by atoms with Gasteiger partial charge in [0.2, 0.25) is 5.78 Å². The number of amides is 2. The average Bonchev–Trinajstić information content (AvgIpc) is 3.18. The van der Waals surface area contributed by atoms with Crippen LogP contribution in [0.15, 0.2) is 47.2 Å². The van der Waals surface area contributed by atoms with Crippen molar-refractivity contribution < 1.29 is 14.4 Å². The van der Waals surface area contributed by atoms with Crippen LogP contribution in [0, 0.1) is 0 Å². The van der Waals surface area contributed by atoms with Crippen LogP contribution in [0.5, 0.6) is 0 Å². The molecule has 1 unspecified atom stereocenters. The summed E-state index contributed by atoms with van der Waals surface area (Å²) < 4.78 is 0.640. The summed E-state index contributed by atoms with van der Waals surface area (Å²) in [6, 6.07) is 10.8. The molecule has 28 heavy (non-hydrogen) atoms. The molecule has 2 aromatic rings. The summed E-state index contributed by atoms with van der Waals surface area (Å²) in [7, 11) is 0. The fraction of sp³-hybridized carbons (Fsp3) is 0.300. The highest BCUT2D eigenvalue weighted by Gasteiger charge is 2.37. The molecule has 0 spiro atoms. The molecule has 0 bridgehead atoms. The van der Waals surface area contributed by atoms with Crippen molar-refractivity contribution in [2.24, 2.45) is 0 Å². The summed E-state index contributed by atoms with van der Waals surface area (Å²) in [4.78, 5) is 45.5. The summed E-state index contributed by atoms with van der Waals surface area (Å²) in [6.45, 7) is 1.94. The second-order valence-electron chi connectivity index (χ2n) is 6.81. The number of carbonyl (C=O) groups excluding carboxylic acids is 3. The monoisotopic (exact) mass is 442 g/mol. The molecular formula is C20H19BrN4O3. The first-order chi connectivity index (χ1) is 13.6. The van der Waals surface area contributed by atoms with Gasteiger partial charge < -0.3 is 15.1 Å². The zero-order valence-electron chi connectivity index (χ0n) is 15.1. The van der Waals surface area contributed by atoms with Crippen molar-refractivity contribution in [3.8, 4) is 0 Å². The van der Waals surface area contributed by atoms with E-state index in [9.17, 15) is 14.4 Å². The van der Waals surface area contributed by atoms with E-state index in [0.717, 1.165) is 11.3 Å². The highest BCUT2D eigenvalue weighted by Crippen LogP contribution is 2.36. The van der Waals surface area contributed by atoms with Crippen LogP contribution in [0.4, 0.5) is 5.69 Å². The lowest BCUT2D eigenvalue weighted by atomic mass is 9.96. The SMILES string of the molecule is O=C(C(=O)N1CCN(C(=O)c2ccccc2)CC1)C1CNc2c1ccnc2Br.